The molecule has 1 aliphatic rings. The summed E-state index contributed by atoms with van der Waals surface area (Å²) in [6.07, 6.45) is 0.0787. The summed E-state index contributed by atoms with van der Waals surface area (Å²) in [4.78, 5) is 24.8. The van der Waals surface area contributed by atoms with Crippen molar-refractivity contribution in [2.45, 2.75) is 32.4 Å². The van der Waals surface area contributed by atoms with Gasteiger partial charge in [-0.2, -0.15) is 0 Å². The molecule has 174 valence electrons. The van der Waals surface area contributed by atoms with E-state index in [1.165, 1.54) is 0 Å². The van der Waals surface area contributed by atoms with Crippen LogP contribution in [0.25, 0.3) is 22.4 Å². The van der Waals surface area contributed by atoms with Crippen LogP contribution in [0.3, 0.4) is 0 Å². The molecule has 3 N–H and O–H groups in total. The third kappa shape index (κ3) is 4.68. The van der Waals surface area contributed by atoms with E-state index < -0.39 is 11.9 Å². The molecular formula is C22H25ClN6O4. The molecule has 1 aliphatic heterocycles. The smallest absolute Gasteiger partial charge is 0.410 e. The molecule has 0 saturated carbocycles. The Morgan fingerprint density at radius 3 is 2.76 bits per heavy atom. The van der Waals surface area contributed by atoms with Gasteiger partial charge in [0.05, 0.1) is 0 Å². The average Bonchev–Trinajstić information content (AvgIpc) is 3.17. The van der Waals surface area contributed by atoms with Crippen molar-refractivity contribution in [1.29, 1.82) is 5.41 Å². The Bertz CT molecular complexity index is 1190. The van der Waals surface area contributed by atoms with Gasteiger partial charge in [0.25, 0.3) is 0 Å². The first-order valence-corrected chi connectivity index (χ1v) is 11.0. The van der Waals surface area contributed by atoms with E-state index >= 15 is 0 Å². The second kappa shape index (κ2) is 9.82. The largest absolute Gasteiger partial charge is 0.465 e. The highest BCUT2D eigenvalue weighted by molar-refractivity contribution is 6.30. The number of nitrogens with one attached hydrogen (secondary N) is 2. The number of methoxy groups -OCH3 is 1. The summed E-state index contributed by atoms with van der Waals surface area (Å²) in [5.41, 5.74) is 2.26. The molecule has 0 spiro atoms. The van der Waals surface area contributed by atoms with E-state index in [2.05, 4.69) is 9.97 Å². The standard InChI is InChI=1S/C22H25ClN6O4/c1-3-29-16-15(13-5-4-6-14(23)11-13)25-20(18(24)26-22(30)31)27-19(16)28-21(29)17(32-2)12-7-9-33-10-8-12/h4-6,11-12,17H,3,7-10H2,1-2H3,(H2,24,26)(H,30,31). The molecule has 3 aromatic rings. The molecule has 4 rings (SSSR count). The van der Waals surface area contributed by atoms with Gasteiger partial charge in [0.15, 0.2) is 17.3 Å². The quantitative estimate of drug-likeness (QED) is 0.366. The van der Waals surface area contributed by atoms with Crippen molar-refractivity contribution in [3.05, 3.63) is 40.9 Å². The van der Waals surface area contributed by atoms with E-state index in [9.17, 15) is 4.79 Å². The first-order chi connectivity index (χ1) is 15.9. The minimum atomic E-state index is -1.37. The van der Waals surface area contributed by atoms with Crippen molar-refractivity contribution in [2.75, 3.05) is 20.3 Å². The van der Waals surface area contributed by atoms with Gasteiger partial charge in [0.2, 0.25) is 0 Å². The zero-order valence-electron chi connectivity index (χ0n) is 18.3. The van der Waals surface area contributed by atoms with Crippen LogP contribution in [0.1, 0.15) is 37.5 Å². The van der Waals surface area contributed by atoms with Crippen molar-refractivity contribution >= 4 is 34.7 Å². The van der Waals surface area contributed by atoms with Crippen molar-refractivity contribution < 1.29 is 19.4 Å². The number of carbonyl (C=O) groups is 1. The molecule has 0 aliphatic carbocycles. The summed E-state index contributed by atoms with van der Waals surface area (Å²) in [5, 5.41) is 19.7. The van der Waals surface area contributed by atoms with Gasteiger partial charge in [-0.1, -0.05) is 23.7 Å². The number of amides is 1. The van der Waals surface area contributed by atoms with Gasteiger partial charge in [0, 0.05) is 37.5 Å². The van der Waals surface area contributed by atoms with E-state index in [-0.39, 0.29) is 17.8 Å². The first-order valence-electron chi connectivity index (χ1n) is 10.7. The van der Waals surface area contributed by atoms with Gasteiger partial charge in [0.1, 0.15) is 23.1 Å². The van der Waals surface area contributed by atoms with Crippen molar-refractivity contribution in [1.82, 2.24) is 24.8 Å². The summed E-state index contributed by atoms with van der Waals surface area (Å²) >= 11 is 6.24. The molecule has 1 unspecified atom stereocenters. The summed E-state index contributed by atoms with van der Waals surface area (Å²) in [5.74, 6) is 0.439. The van der Waals surface area contributed by atoms with Crippen LogP contribution in [0.15, 0.2) is 24.3 Å². The number of imidazole rings is 1. The normalized spacial score (nSPS) is 15.5. The lowest BCUT2D eigenvalue weighted by Crippen LogP contribution is -2.30. The van der Waals surface area contributed by atoms with Gasteiger partial charge in [-0.25, -0.2) is 19.7 Å². The van der Waals surface area contributed by atoms with Gasteiger partial charge in [-0.15, -0.1) is 0 Å². The Labute approximate surface area is 195 Å². The fourth-order valence-electron chi connectivity index (χ4n) is 4.23. The highest BCUT2D eigenvalue weighted by atomic mass is 35.5. The summed E-state index contributed by atoms with van der Waals surface area (Å²) in [6, 6.07) is 7.18. The molecule has 10 nitrogen and oxygen atoms in total. The fourth-order valence-corrected chi connectivity index (χ4v) is 4.42. The number of aromatic nitrogens is 4. The zero-order chi connectivity index (χ0) is 23.5. The van der Waals surface area contributed by atoms with Gasteiger partial charge in [-0.3, -0.25) is 10.7 Å². The Morgan fingerprint density at radius 1 is 1.36 bits per heavy atom. The van der Waals surface area contributed by atoms with Crippen LogP contribution in [0.2, 0.25) is 5.02 Å². The fraction of sp³-hybridized carbons (Fsp3) is 0.409. The maximum atomic E-state index is 11.1. The minimum absolute atomic E-state index is 0.0767. The number of fused-ring (bicyclic) bond motifs is 1. The summed E-state index contributed by atoms with van der Waals surface area (Å²) < 4.78 is 13.4. The number of amidine groups is 1. The highest BCUT2D eigenvalue weighted by Crippen LogP contribution is 2.36. The van der Waals surface area contributed by atoms with E-state index in [4.69, 9.17) is 36.6 Å². The zero-order valence-corrected chi connectivity index (χ0v) is 19.1. The number of benzene rings is 1. The monoisotopic (exact) mass is 472 g/mol. The van der Waals surface area contributed by atoms with Crippen LogP contribution in [-0.4, -0.2) is 56.9 Å². The topological polar surface area (TPSA) is 135 Å². The van der Waals surface area contributed by atoms with Crippen LogP contribution in [0.5, 0.6) is 0 Å². The minimum Gasteiger partial charge on any atom is -0.465 e. The molecule has 3 heterocycles. The number of ether oxygens (including phenoxy) is 2. The molecule has 1 atom stereocenters. The summed E-state index contributed by atoms with van der Waals surface area (Å²) in [6.45, 7) is 3.94. The molecule has 11 heteroatoms. The number of carboxylic acid groups (broad SMARTS) is 1. The van der Waals surface area contributed by atoms with Crippen molar-refractivity contribution in [3.63, 3.8) is 0 Å². The predicted molar refractivity (Wildman–Crippen MR) is 123 cm³/mol. The molecule has 1 aromatic carbocycles. The van der Waals surface area contributed by atoms with Crippen LogP contribution >= 0.6 is 11.6 Å². The Balaban J connectivity index is 1.94. The van der Waals surface area contributed by atoms with E-state index in [0.717, 1.165) is 12.8 Å². The van der Waals surface area contributed by atoms with Crippen LogP contribution in [0, 0.1) is 11.3 Å². The van der Waals surface area contributed by atoms with Crippen LogP contribution in [0.4, 0.5) is 4.79 Å². The predicted octanol–water partition coefficient (Wildman–Crippen LogP) is 3.87. The number of halogens is 1. The number of rotatable bonds is 6. The van der Waals surface area contributed by atoms with Gasteiger partial charge < -0.3 is 19.1 Å². The third-order valence-electron chi connectivity index (χ3n) is 5.70. The lowest BCUT2D eigenvalue weighted by molar-refractivity contribution is -0.0195. The highest BCUT2D eigenvalue weighted by Gasteiger charge is 2.31. The maximum Gasteiger partial charge on any atom is 0.410 e. The van der Waals surface area contributed by atoms with Crippen molar-refractivity contribution in [2.24, 2.45) is 5.92 Å². The molecule has 1 amide bonds. The van der Waals surface area contributed by atoms with Crippen LogP contribution < -0.4 is 5.32 Å². The second-order valence-corrected chi connectivity index (χ2v) is 8.14. The number of nitrogens with zero attached hydrogens (tertiary/aromatic N) is 4. The lowest BCUT2D eigenvalue weighted by Gasteiger charge is -2.29. The average molecular weight is 473 g/mol. The Hall–Kier alpha value is -3.08. The molecule has 2 aromatic heterocycles. The van der Waals surface area contributed by atoms with E-state index in [1.54, 1.807) is 25.3 Å². The Kier molecular flexibility index (Phi) is 6.87. The molecule has 0 bridgehead atoms. The van der Waals surface area contributed by atoms with Gasteiger partial charge in [-0.05, 0) is 37.8 Å². The van der Waals surface area contributed by atoms with Crippen LogP contribution in [-0.2, 0) is 16.0 Å². The first kappa shape index (κ1) is 23.1. The second-order valence-electron chi connectivity index (χ2n) is 7.70. The summed E-state index contributed by atoms with van der Waals surface area (Å²) in [7, 11) is 1.67. The molecule has 0 radical (unpaired) electrons. The lowest BCUT2D eigenvalue weighted by atomic mass is 9.93. The third-order valence-corrected chi connectivity index (χ3v) is 5.94. The van der Waals surface area contributed by atoms with Crippen molar-refractivity contribution in [3.8, 4) is 11.3 Å². The number of aryl methyl sites for hydroxylation is 1. The number of hydrogen-bond acceptors (Lipinski definition) is 7. The molecule has 1 fully saturated rings. The molecule has 33 heavy (non-hydrogen) atoms. The van der Waals surface area contributed by atoms with Gasteiger partial charge >= 0.3 is 6.09 Å². The maximum absolute atomic E-state index is 11.1. The molecule has 1 saturated heterocycles. The Morgan fingerprint density at radius 2 is 2.12 bits per heavy atom. The van der Waals surface area contributed by atoms with E-state index in [0.29, 0.717) is 53.0 Å². The SMILES string of the molecule is CCn1c(C(OC)C2CCOCC2)nc2nc(C(=N)NC(=O)O)nc(-c3cccc(Cl)c3)c21. The molecular weight excluding hydrogens is 448 g/mol. The number of hydrogen-bond donors (Lipinski definition) is 3. The van der Waals surface area contributed by atoms with E-state index in [1.807, 2.05) is 22.9 Å².